The van der Waals surface area contributed by atoms with Gasteiger partial charge in [0.25, 0.3) is 5.91 Å². The van der Waals surface area contributed by atoms with Crippen molar-refractivity contribution in [1.82, 2.24) is 10.2 Å². The Kier molecular flexibility index (Phi) is 12.0. The Morgan fingerprint density at radius 2 is 1.62 bits per heavy atom. The number of carbonyl (C=O) groups is 3. The van der Waals surface area contributed by atoms with Crippen molar-refractivity contribution in [1.29, 1.82) is 0 Å². The number of benzene rings is 2. The highest BCUT2D eigenvalue weighted by atomic mass is 16.6. The van der Waals surface area contributed by atoms with E-state index in [0.29, 0.717) is 36.4 Å². The molecule has 220 valence electrons. The van der Waals surface area contributed by atoms with Gasteiger partial charge in [0, 0.05) is 12.2 Å². The van der Waals surface area contributed by atoms with Crippen molar-refractivity contribution in [2.75, 3.05) is 19.0 Å². The minimum absolute atomic E-state index is 0.186. The first kappa shape index (κ1) is 32.7. The van der Waals surface area contributed by atoms with E-state index in [-0.39, 0.29) is 17.7 Å². The first-order chi connectivity index (χ1) is 18.8. The van der Waals surface area contributed by atoms with Gasteiger partial charge in [0.2, 0.25) is 5.91 Å². The van der Waals surface area contributed by atoms with Gasteiger partial charge < -0.3 is 25.0 Å². The monoisotopic (exact) mass is 553 g/mol. The predicted octanol–water partition coefficient (Wildman–Crippen LogP) is 6.56. The number of anilines is 1. The van der Waals surface area contributed by atoms with Gasteiger partial charge in [0.05, 0.1) is 7.11 Å². The summed E-state index contributed by atoms with van der Waals surface area (Å²) in [6.07, 6.45) is 1.52. The van der Waals surface area contributed by atoms with Gasteiger partial charge in [0.15, 0.2) is 0 Å². The largest absolute Gasteiger partial charge is 0.497 e. The summed E-state index contributed by atoms with van der Waals surface area (Å²) in [7, 11) is 1.58. The van der Waals surface area contributed by atoms with Crippen molar-refractivity contribution in [2.45, 2.75) is 92.3 Å². The number of nitrogens with zero attached hydrogens (tertiary/aromatic N) is 1. The van der Waals surface area contributed by atoms with E-state index in [1.54, 1.807) is 57.0 Å². The van der Waals surface area contributed by atoms with Gasteiger partial charge in [-0.2, -0.15) is 0 Å². The molecule has 0 saturated carbocycles. The number of aryl methyl sites for hydroxylation is 2. The zero-order chi connectivity index (χ0) is 30.0. The van der Waals surface area contributed by atoms with Gasteiger partial charge in [-0.15, -0.1) is 0 Å². The predicted molar refractivity (Wildman–Crippen MR) is 160 cm³/mol. The molecule has 0 aliphatic rings. The third-order valence-corrected chi connectivity index (χ3v) is 6.95. The number of rotatable bonds is 12. The lowest BCUT2D eigenvalue weighted by Gasteiger charge is -2.36. The molecule has 8 heteroatoms. The van der Waals surface area contributed by atoms with Crippen molar-refractivity contribution >= 4 is 23.6 Å². The van der Waals surface area contributed by atoms with E-state index in [0.717, 1.165) is 17.5 Å². The van der Waals surface area contributed by atoms with Crippen LogP contribution in [0.4, 0.5) is 10.5 Å². The zero-order valence-electron chi connectivity index (χ0n) is 25.6. The van der Waals surface area contributed by atoms with E-state index in [1.807, 2.05) is 52.8 Å². The summed E-state index contributed by atoms with van der Waals surface area (Å²) in [5, 5.41) is 5.80. The lowest BCUT2D eigenvalue weighted by Crippen LogP contribution is -2.55. The Balaban J connectivity index is 2.56. The summed E-state index contributed by atoms with van der Waals surface area (Å²) in [6, 6.07) is 11.1. The van der Waals surface area contributed by atoms with Crippen LogP contribution in [0.2, 0.25) is 0 Å². The molecule has 2 aromatic rings. The maximum atomic E-state index is 14.3. The fraction of sp³-hybridized carbons (Fsp3) is 0.531. The zero-order valence-corrected chi connectivity index (χ0v) is 25.6. The molecule has 0 saturated heterocycles. The molecule has 2 N–H and O–H groups in total. The van der Waals surface area contributed by atoms with Gasteiger partial charge in [-0.05, 0) is 87.9 Å². The molecule has 3 atom stereocenters. The molecule has 2 rings (SSSR count). The smallest absolute Gasteiger partial charge is 0.408 e. The highest BCUT2D eigenvalue weighted by Gasteiger charge is 2.38. The molecular weight excluding hydrogens is 506 g/mol. The Hall–Kier alpha value is -3.55. The van der Waals surface area contributed by atoms with Crippen molar-refractivity contribution in [3.63, 3.8) is 0 Å². The lowest BCUT2D eigenvalue weighted by molar-refractivity contribution is -0.142. The van der Waals surface area contributed by atoms with Crippen molar-refractivity contribution in [2.24, 2.45) is 5.92 Å². The second kappa shape index (κ2) is 14.7. The van der Waals surface area contributed by atoms with Crippen LogP contribution in [0.1, 0.15) is 83.5 Å². The number of alkyl carbamates (subject to hydrolysis) is 1. The van der Waals surface area contributed by atoms with Crippen LogP contribution in [0.3, 0.4) is 0 Å². The van der Waals surface area contributed by atoms with E-state index in [2.05, 4.69) is 10.6 Å². The van der Waals surface area contributed by atoms with Gasteiger partial charge >= 0.3 is 6.09 Å². The topological polar surface area (TPSA) is 97.0 Å². The number of unbranched alkanes of at least 4 members (excludes halogenated alkanes) is 1. The van der Waals surface area contributed by atoms with Crippen LogP contribution in [-0.2, 0) is 14.3 Å². The number of methoxy groups -OCH3 is 1. The van der Waals surface area contributed by atoms with Crippen LogP contribution in [-0.4, -0.2) is 48.1 Å². The van der Waals surface area contributed by atoms with Gasteiger partial charge in [-0.1, -0.05) is 51.8 Å². The van der Waals surface area contributed by atoms with Crippen molar-refractivity contribution in [3.05, 3.63) is 59.2 Å². The Labute approximate surface area is 239 Å². The van der Waals surface area contributed by atoms with E-state index >= 15 is 0 Å². The van der Waals surface area contributed by atoms with Crippen LogP contribution in [0, 0.1) is 19.8 Å². The van der Waals surface area contributed by atoms with Gasteiger partial charge in [-0.25, -0.2) is 4.79 Å². The summed E-state index contributed by atoms with van der Waals surface area (Å²) >= 11 is 0. The summed E-state index contributed by atoms with van der Waals surface area (Å²) in [4.78, 5) is 42.7. The normalized spacial score (nSPS) is 13.5. The van der Waals surface area contributed by atoms with E-state index in [9.17, 15) is 14.4 Å². The van der Waals surface area contributed by atoms with E-state index in [1.165, 1.54) is 0 Å². The summed E-state index contributed by atoms with van der Waals surface area (Å²) in [5.41, 5.74) is 2.70. The molecule has 0 aromatic heterocycles. The molecule has 0 bridgehead atoms. The lowest BCUT2D eigenvalue weighted by atomic mass is 9.94. The highest BCUT2D eigenvalue weighted by Crippen LogP contribution is 2.28. The molecule has 0 radical (unpaired) electrons. The third kappa shape index (κ3) is 9.28. The maximum Gasteiger partial charge on any atom is 0.408 e. The van der Waals surface area contributed by atoms with Crippen LogP contribution in [0.25, 0.3) is 0 Å². The molecule has 3 amide bonds. The summed E-state index contributed by atoms with van der Waals surface area (Å²) in [6.45, 7) is 15.6. The molecule has 40 heavy (non-hydrogen) atoms. The number of carbonyl (C=O) groups excluding carboxylic acids is 3. The average molecular weight is 554 g/mol. The highest BCUT2D eigenvalue weighted by molar-refractivity contribution is 5.99. The molecule has 2 aromatic carbocycles. The second-order valence-electron chi connectivity index (χ2n) is 11.4. The van der Waals surface area contributed by atoms with Gasteiger partial charge in [0.1, 0.15) is 23.4 Å². The number of hydrogen-bond donors (Lipinski definition) is 2. The van der Waals surface area contributed by atoms with Crippen LogP contribution < -0.4 is 15.4 Å². The minimum Gasteiger partial charge on any atom is -0.497 e. The number of amides is 3. The molecular formula is C32H47N3O5. The molecule has 0 aliphatic heterocycles. The standard InChI is InChI=1S/C32H47N3O5/c1-10-12-19-35(30(37)27(21(3)11-2)34-31(38)40-32(6,7)8)28(24-14-13-22(4)23(5)20-24)29(36)33-25-15-17-26(39-9)18-16-25/h13-18,20-21,27-28H,10-12,19H2,1-9H3,(H,33,36)(H,34,38). The molecule has 0 fully saturated rings. The molecule has 3 unspecified atom stereocenters. The Morgan fingerprint density at radius 3 is 2.15 bits per heavy atom. The fourth-order valence-electron chi connectivity index (χ4n) is 4.28. The number of hydrogen-bond acceptors (Lipinski definition) is 5. The van der Waals surface area contributed by atoms with Crippen LogP contribution in [0.15, 0.2) is 42.5 Å². The van der Waals surface area contributed by atoms with Gasteiger partial charge in [-0.3, -0.25) is 9.59 Å². The van der Waals surface area contributed by atoms with Crippen LogP contribution in [0.5, 0.6) is 5.75 Å². The first-order valence-electron chi connectivity index (χ1n) is 14.1. The Bertz CT molecular complexity index is 1140. The second-order valence-corrected chi connectivity index (χ2v) is 11.4. The quantitative estimate of drug-likeness (QED) is 0.310. The SMILES string of the molecule is CCCCN(C(=O)C(NC(=O)OC(C)(C)C)C(C)CC)C(C(=O)Nc1ccc(OC)cc1)c1ccc(C)c(C)c1. The molecule has 0 spiro atoms. The summed E-state index contributed by atoms with van der Waals surface area (Å²) < 4.78 is 10.7. The maximum absolute atomic E-state index is 14.3. The average Bonchev–Trinajstić information content (AvgIpc) is 2.90. The van der Waals surface area contributed by atoms with Crippen LogP contribution >= 0.6 is 0 Å². The fourth-order valence-corrected chi connectivity index (χ4v) is 4.28. The third-order valence-electron chi connectivity index (χ3n) is 6.95. The van der Waals surface area contributed by atoms with E-state index < -0.39 is 23.8 Å². The Morgan fingerprint density at radius 1 is 0.975 bits per heavy atom. The molecule has 0 aliphatic carbocycles. The molecule has 0 heterocycles. The number of nitrogens with one attached hydrogen (secondary N) is 2. The summed E-state index contributed by atoms with van der Waals surface area (Å²) in [5.74, 6) is -0.165. The first-order valence-corrected chi connectivity index (χ1v) is 14.1. The molecule has 8 nitrogen and oxygen atoms in total. The number of ether oxygens (including phenoxy) is 2. The van der Waals surface area contributed by atoms with Crippen molar-refractivity contribution < 1.29 is 23.9 Å². The minimum atomic E-state index is -0.910. The van der Waals surface area contributed by atoms with E-state index in [4.69, 9.17) is 9.47 Å². The van der Waals surface area contributed by atoms with Crippen molar-refractivity contribution in [3.8, 4) is 5.75 Å².